The molecule has 0 bridgehead atoms. The molecule has 0 aromatic rings. The van der Waals surface area contributed by atoms with Crippen LogP contribution in [-0.4, -0.2) is 5.78 Å². The van der Waals surface area contributed by atoms with Gasteiger partial charge in [-0.25, -0.2) is 0 Å². The Kier molecular flexibility index (Phi) is 11.5. The predicted octanol–water partition coefficient (Wildman–Crippen LogP) is 5.44. The molecule has 0 aliphatic carbocycles. The first-order valence-electron chi connectivity index (χ1n) is 7.37. The Hall–Kier alpha value is -0.590. The molecule has 100 valence electrons. The maximum Gasteiger partial charge on any atom is 0.157 e. The summed E-state index contributed by atoms with van der Waals surface area (Å²) in [5, 5.41) is 0. The molecule has 0 radical (unpaired) electrons. The molecular formula is C16H30O. The summed E-state index contributed by atoms with van der Waals surface area (Å²) in [6.07, 6.45) is 13.9. The van der Waals surface area contributed by atoms with Crippen molar-refractivity contribution >= 4 is 5.78 Å². The summed E-state index contributed by atoms with van der Waals surface area (Å²) in [6, 6.07) is 0. The Labute approximate surface area is 108 Å². The van der Waals surface area contributed by atoms with E-state index in [2.05, 4.69) is 13.5 Å². The molecule has 0 fully saturated rings. The number of carbonyl (C=O) groups is 1. The average molecular weight is 238 g/mol. The molecular weight excluding hydrogens is 208 g/mol. The van der Waals surface area contributed by atoms with E-state index in [4.69, 9.17) is 0 Å². The molecule has 0 heterocycles. The van der Waals surface area contributed by atoms with Crippen LogP contribution in [0, 0.1) is 0 Å². The molecule has 0 spiro atoms. The van der Waals surface area contributed by atoms with Crippen molar-refractivity contribution in [3.05, 3.63) is 12.2 Å². The normalized spacial score (nSPS) is 10.5. The number of rotatable bonds is 12. The summed E-state index contributed by atoms with van der Waals surface area (Å²) in [7, 11) is 0. The molecule has 0 rings (SSSR count). The van der Waals surface area contributed by atoms with Gasteiger partial charge >= 0.3 is 0 Å². The molecule has 1 nitrogen and oxygen atoms in total. The van der Waals surface area contributed by atoms with E-state index in [1.54, 1.807) is 6.92 Å². The first-order valence-corrected chi connectivity index (χ1v) is 7.37. The van der Waals surface area contributed by atoms with Crippen molar-refractivity contribution in [1.29, 1.82) is 0 Å². The van der Waals surface area contributed by atoms with Crippen LogP contribution in [0.25, 0.3) is 0 Å². The minimum atomic E-state index is 0.240. The van der Waals surface area contributed by atoms with Crippen molar-refractivity contribution in [2.24, 2.45) is 0 Å². The molecule has 0 atom stereocenters. The lowest BCUT2D eigenvalue weighted by molar-refractivity contribution is -0.115. The second-order valence-electron chi connectivity index (χ2n) is 5.14. The van der Waals surface area contributed by atoms with Crippen LogP contribution in [0.2, 0.25) is 0 Å². The molecule has 0 aromatic carbocycles. The highest BCUT2D eigenvalue weighted by molar-refractivity contribution is 5.93. The quantitative estimate of drug-likeness (QED) is 0.327. The second-order valence-corrected chi connectivity index (χ2v) is 5.14. The molecule has 0 saturated heterocycles. The van der Waals surface area contributed by atoms with Crippen LogP contribution in [0.3, 0.4) is 0 Å². The van der Waals surface area contributed by atoms with Crippen molar-refractivity contribution in [2.45, 2.75) is 84.5 Å². The van der Waals surface area contributed by atoms with Crippen LogP contribution < -0.4 is 0 Å². The Bertz CT molecular complexity index is 206. The summed E-state index contributed by atoms with van der Waals surface area (Å²) in [4.78, 5) is 11.3. The maximum atomic E-state index is 11.3. The van der Waals surface area contributed by atoms with E-state index in [0.29, 0.717) is 12.0 Å². The standard InChI is InChI=1S/C16H30O/c1-4-5-6-7-8-9-10-11-12-13-14-16(17)15(2)3/h2,4-14H2,1,3H3. The number of hydrogen-bond donors (Lipinski definition) is 0. The van der Waals surface area contributed by atoms with Crippen molar-refractivity contribution < 1.29 is 4.79 Å². The number of carbonyl (C=O) groups excluding carboxylic acids is 1. The zero-order valence-electron chi connectivity index (χ0n) is 11.9. The van der Waals surface area contributed by atoms with E-state index >= 15 is 0 Å². The first kappa shape index (κ1) is 16.4. The Morgan fingerprint density at radius 2 is 1.24 bits per heavy atom. The fraction of sp³-hybridized carbons (Fsp3) is 0.812. The van der Waals surface area contributed by atoms with E-state index in [9.17, 15) is 4.79 Å². The Morgan fingerprint density at radius 1 is 0.824 bits per heavy atom. The van der Waals surface area contributed by atoms with E-state index < -0.39 is 0 Å². The lowest BCUT2D eigenvalue weighted by atomic mass is 10.0. The first-order chi connectivity index (χ1) is 8.18. The third-order valence-corrected chi connectivity index (χ3v) is 3.23. The number of hydrogen-bond acceptors (Lipinski definition) is 1. The SMILES string of the molecule is C=C(C)C(=O)CCCCCCCCCCCC. The molecule has 0 saturated carbocycles. The fourth-order valence-corrected chi connectivity index (χ4v) is 1.99. The van der Waals surface area contributed by atoms with Crippen LogP contribution in [0.5, 0.6) is 0 Å². The van der Waals surface area contributed by atoms with Crippen LogP contribution in [-0.2, 0) is 4.79 Å². The van der Waals surface area contributed by atoms with Crippen LogP contribution in [0.4, 0.5) is 0 Å². The summed E-state index contributed by atoms with van der Waals surface area (Å²) >= 11 is 0. The fourth-order valence-electron chi connectivity index (χ4n) is 1.99. The molecule has 0 aliphatic heterocycles. The van der Waals surface area contributed by atoms with Gasteiger partial charge < -0.3 is 0 Å². The molecule has 0 unspecified atom stereocenters. The molecule has 0 amide bonds. The third kappa shape index (κ3) is 11.7. The van der Waals surface area contributed by atoms with Gasteiger partial charge in [-0.1, -0.05) is 71.3 Å². The van der Waals surface area contributed by atoms with Gasteiger partial charge in [0.15, 0.2) is 5.78 Å². The number of Topliss-reactive ketones (excluding diaryl/α,β-unsaturated/α-hetero) is 1. The van der Waals surface area contributed by atoms with E-state index in [0.717, 1.165) is 6.42 Å². The minimum Gasteiger partial charge on any atom is -0.295 e. The van der Waals surface area contributed by atoms with Crippen molar-refractivity contribution in [1.82, 2.24) is 0 Å². The zero-order valence-corrected chi connectivity index (χ0v) is 11.9. The van der Waals surface area contributed by atoms with Crippen LogP contribution >= 0.6 is 0 Å². The monoisotopic (exact) mass is 238 g/mol. The topological polar surface area (TPSA) is 17.1 Å². The molecule has 17 heavy (non-hydrogen) atoms. The predicted molar refractivity (Wildman–Crippen MR) is 76.3 cm³/mol. The van der Waals surface area contributed by atoms with Gasteiger partial charge in [-0.2, -0.15) is 0 Å². The van der Waals surface area contributed by atoms with Gasteiger partial charge in [-0.3, -0.25) is 4.79 Å². The van der Waals surface area contributed by atoms with E-state index in [-0.39, 0.29) is 5.78 Å². The number of unbranched alkanes of at least 4 members (excludes halogenated alkanes) is 9. The number of allylic oxidation sites excluding steroid dienone is 1. The van der Waals surface area contributed by atoms with Gasteiger partial charge in [0.05, 0.1) is 0 Å². The third-order valence-electron chi connectivity index (χ3n) is 3.23. The van der Waals surface area contributed by atoms with Crippen LogP contribution in [0.15, 0.2) is 12.2 Å². The Balaban J connectivity index is 3.08. The molecule has 0 N–H and O–H groups in total. The summed E-state index contributed by atoms with van der Waals surface area (Å²) in [5.74, 6) is 0.240. The van der Waals surface area contributed by atoms with E-state index in [1.807, 2.05) is 0 Å². The van der Waals surface area contributed by atoms with Crippen molar-refractivity contribution in [3.63, 3.8) is 0 Å². The van der Waals surface area contributed by atoms with Gasteiger partial charge in [0.1, 0.15) is 0 Å². The van der Waals surface area contributed by atoms with E-state index in [1.165, 1.54) is 57.8 Å². The summed E-state index contributed by atoms with van der Waals surface area (Å²) < 4.78 is 0. The lowest BCUT2D eigenvalue weighted by Crippen LogP contribution is -1.97. The molecule has 1 heteroatoms. The zero-order chi connectivity index (χ0) is 12.9. The highest BCUT2D eigenvalue weighted by Gasteiger charge is 2.01. The Morgan fingerprint density at radius 3 is 1.65 bits per heavy atom. The molecule has 0 aliphatic rings. The maximum absolute atomic E-state index is 11.3. The largest absolute Gasteiger partial charge is 0.295 e. The minimum absolute atomic E-state index is 0.240. The van der Waals surface area contributed by atoms with Gasteiger partial charge in [0.2, 0.25) is 0 Å². The number of ketones is 1. The highest BCUT2D eigenvalue weighted by atomic mass is 16.1. The summed E-state index contributed by atoms with van der Waals surface area (Å²) in [6.45, 7) is 7.73. The van der Waals surface area contributed by atoms with Gasteiger partial charge in [0.25, 0.3) is 0 Å². The van der Waals surface area contributed by atoms with Gasteiger partial charge in [-0.05, 0) is 18.9 Å². The lowest BCUT2D eigenvalue weighted by Gasteiger charge is -2.02. The van der Waals surface area contributed by atoms with Crippen molar-refractivity contribution in [2.75, 3.05) is 0 Å². The summed E-state index contributed by atoms with van der Waals surface area (Å²) in [5.41, 5.74) is 0.709. The van der Waals surface area contributed by atoms with Crippen molar-refractivity contribution in [3.8, 4) is 0 Å². The smallest absolute Gasteiger partial charge is 0.157 e. The van der Waals surface area contributed by atoms with Crippen LogP contribution in [0.1, 0.15) is 84.5 Å². The highest BCUT2D eigenvalue weighted by Crippen LogP contribution is 2.11. The van der Waals surface area contributed by atoms with Gasteiger partial charge in [0, 0.05) is 6.42 Å². The second kappa shape index (κ2) is 11.9. The molecule has 0 aromatic heterocycles. The van der Waals surface area contributed by atoms with Gasteiger partial charge in [-0.15, -0.1) is 0 Å². The average Bonchev–Trinajstić information content (AvgIpc) is 2.31.